The first-order valence-electron chi connectivity index (χ1n) is 4.23. The summed E-state index contributed by atoms with van der Waals surface area (Å²) in [5.41, 5.74) is 2.33. The van der Waals surface area contributed by atoms with Crippen LogP contribution in [0.1, 0.15) is 10.4 Å². The van der Waals surface area contributed by atoms with Crippen LogP contribution in [0.3, 0.4) is 0 Å². The molecule has 0 aliphatic rings. The van der Waals surface area contributed by atoms with E-state index in [9.17, 15) is 4.79 Å². The quantitative estimate of drug-likeness (QED) is 0.882. The summed E-state index contributed by atoms with van der Waals surface area (Å²) in [6.45, 7) is 0. The van der Waals surface area contributed by atoms with Crippen LogP contribution in [0.4, 0.5) is 10.8 Å². The fourth-order valence-corrected chi connectivity index (χ4v) is 1.78. The van der Waals surface area contributed by atoms with Crippen molar-refractivity contribution in [1.29, 1.82) is 0 Å². The van der Waals surface area contributed by atoms with Crippen molar-refractivity contribution in [2.45, 2.75) is 0 Å². The smallest absolute Gasteiger partial charge is 0.335 e. The molecule has 0 radical (unpaired) electrons. The van der Waals surface area contributed by atoms with Crippen molar-refractivity contribution in [1.82, 2.24) is 10.2 Å². The molecule has 0 aliphatic heterocycles. The first-order valence-corrected chi connectivity index (χ1v) is 5.48. The van der Waals surface area contributed by atoms with E-state index >= 15 is 0 Å². The molecule has 7 heteroatoms. The molecule has 5 nitrogen and oxygen atoms in total. The molecule has 1 aromatic carbocycles. The minimum absolute atomic E-state index is 0.146. The molecule has 2 rings (SSSR count). The van der Waals surface area contributed by atoms with Crippen molar-refractivity contribution >= 4 is 39.7 Å². The van der Waals surface area contributed by atoms with E-state index in [4.69, 9.17) is 16.7 Å². The third-order valence-corrected chi connectivity index (χ3v) is 2.74. The Morgan fingerprint density at radius 1 is 1.50 bits per heavy atom. The van der Waals surface area contributed by atoms with Gasteiger partial charge >= 0.3 is 5.97 Å². The van der Waals surface area contributed by atoms with E-state index in [1.165, 1.54) is 23.5 Å². The Morgan fingerprint density at radius 2 is 2.31 bits per heavy atom. The molecular weight excluding hydrogens is 250 g/mol. The molecule has 0 aliphatic carbocycles. The van der Waals surface area contributed by atoms with E-state index in [0.717, 1.165) is 0 Å². The van der Waals surface area contributed by atoms with Gasteiger partial charge in [-0.3, -0.25) is 0 Å². The lowest BCUT2D eigenvalue weighted by atomic mass is 10.2. The molecule has 0 unspecified atom stereocenters. The lowest BCUT2D eigenvalue weighted by molar-refractivity contribution is 0.0697. The van der Waals surface area contributed by atoms with Gasteiger partial charge in [0.25, 0.3) is 0 Å². The number of carboxylic acid groups (broad SMARTS) is 1. The third-order valence-electron chi connectivity index (χ3n) is 1.82. The fraction of sp³-hybridized carbons (Fsp3) is 0. The number of anilines is 2. The summed E-state index contributed by atoms with van der Waals surface area (Å²) in [5, 5.41) is 20.1. The van der Waals surface area contributed by atoms with Crippen LogP contribution < -0.4 is 5.32 Å². The molecule has 0 saturated carbocycles. The number of hydrogen-bond donors (Lipinski definition) is 2. The van der Waals surface area contributed by atoms with Crippen LogP contribution in [-0.4, -0.2) is 21.3 Å². The summed E-state index contributed by atoms with van der Waals surface area (Å²) in [4.78, 5) is 10.7. The van der Waals surface area contributed by atoms with E-state index in [0.29, 0.717) is 15.8 Å². The predicted molar refractivity (Wildman–Crippen MR) is 61.6 cm³/mol. The first-order chi connectivity index (χ1) is 7.66. The Labute approximate surface area is 99.7 Å². The number of aromatic nitrogens is 2. The normalized spacial score (nSPS) is 10.1. The zero-order valence-corrected chi connectivity index (χ0v) is 9.42. The molecule has 1 aromatic heterocycles. The third kappa shape index (κ3) is 2.29. The van der Waals surface area contributed by atoms with Gasteiger partial charge in [0.1, 0.15) is 5.51 Å². The van der Waals surface area contributed by atoms with Crippen molar-refractivity contribution in [3.63, 3.8) is 0 Å². The maximum Gasteiger partial charge on any atom is 0.335 e. The number of nitrogens with one attached hydrogen (secondary N) is 1. The summed E-state index contributed by atoms with van der Waals surface area (Å²) >= 11 is 7.25. The Morgan fingerprint density at radius 3 is 2.88 bits per heavy atom. The largest absolute Gasteiger partial charge is 0.478 e. The van der Waals surface area contributed by atoms with Gasteiger partial charge in [-0.05, 0) is 18.2 Å². The van der Waals surface area contributed by atoms with Gasteiger partial charge in [0.15, 0.2) is 0 Å². The SMILES string of the molecule is O=C(O)c1ccc(Nc2nncs2)c(Cl)c1. The Kier molecular flexibility index (Phi) is 3.02. The number of nitrogens with zero attached hydrogens (tertiary/aromatic N) is 2. The lowest BCUT2D eigenvalue weighted by Crippen LogP contribution is -1.97. The average molecular weight is 256 g/mol. The highest BCUT2D eigenvalue weighted by molar-refractivity contribution is 7.13. The standard InChI is InChI=1S/C9H6ClN3O2S/c10-6-3-5(8(14)15)1-2-7(6)12-9-13-11-4-16-9/h1-4H,(H,12,13)(H,14,15). The van der Waals surface area contributed by atoms with E-state index in [-0.39, 0.29) is 5.56 Å². The molecular formula is C9H6ClN3O2S. The van der Waals surface area contributed by atoms with Gasteiger partial charge in [-0.2, -0.15) is 0 Å². The van der Waals surface area contributed by atoms with Gasteiger partial charge in [-0.1, -0.05) is 22.9 Å². The van der Waals surface area contributed by atoms with Crippen molar-refractivity contribution in [2.75, 3.05) is 5.32 Å². The zero-order valence-electron chi connectivity index (χ0n) is 7.85. The van der Waals surface area contributed by atoms with Crippen molar-refractivity contribution < 1.29 is 9.90 Å². The van der Waals surface area contributed by atoms with Crippen molar-refractivity contribution in [3.05, 3.63) is 34.3 Å². The minimum Gasteiger partial charge on any atom is -0.478 e. The second kappa shape index (κ2) is 4.46. The number of rotatable bonds is 3. The van der Waals surface area contributed by atoms with Crippen LogP contribution in [0.2, 0.25) is 5.02 Å². The van der Waals surface area contributed by atoms with Crippen molar-refractivity contribution in [2.24, 2.45) is 0 Å². The van der Waals surface area contributed by atoms with E-state index < -0.39 is 5.97 Å². The summed E-state index contributed by atoms with van der Waals surface area (Å²) in [5.74, 6) is -1.01. The van der Waals surface area contributed by atoms with Gasteiger partial charge < -0.3 is 10.4 Å². The zero-order chi connectivity index (χ0) is 11.5. The molecule has 0 saturated heterocycles. The first kappa shape index (κ1) is 10.8. The number of carbonyl (C=O) groups is 1. The molecule has 1 heterocycles. The van der Waals surface area contributed by atoms with Crippen LogP contribution in [-0.2, 0) is 0 Å². The lowest BCUT2D eigenvalue weighted by Gasteiger charge is -2.05. The number of halogens is 1. The molecule has 0 bridgehead atoms. The summed E-state index contributed by atoms with van der Waals surface area (Å²) < 4.78 is 0. The molecule has 0 fully saturated rings. The van der Waals surface area contributed by atoms with Gasteiger partial charge in [0, 0.05) is 0 Å². The summed E-state index contributed by atoms with van der Waals surface area (Å²) in [6.07, 6.45) is 0. The van der Waals surface area contributed by atoms with Crippen LogP contribution in [0.15, 0.2) is 23.7 Å². The molecule has 0 amide bonds. The predicted octanol–water partition coefficient (Wildman–Crippen LogP) is 2.63. The second-order valence-corrected chi connectivity index (χ2v) is 4.11. The summed E-state index contributed by atoms with van der Waals surface area (Å²) in [7, 11) is 0. The van der Waals surface area contributed by atoms with Crippen LogP contribution in [0, 0.1) is 0 Å². The van der Waals surface area contributed by atoms with E-state index in [1.54, 1.807) is 11.6 Å². The average Bonchev–Trinajstić information content (AvgIpc) is 2.73. The van der Waals surface area contributed by atoms with Gasteiger partial charge in [0.2, 0.25) is 5.13 Å². The number of benzene rings is 1. The van der Waals surface area contributed by atoms with Crippen LogP contribution in [0.5, 0.6) is 0 Å². The Bertz CT molecular complexity index is 515. The molecule has 2 aromatic rings. The highest BCUT2D eigenvalue weighted by Crippen LogP contribution is 2.26. The van der Waals surface area contributed by atoms with Crippen LogP contribution >= 0.6 is 22.9 Å². The highest BCUT2D eigenvalue weighted by Gasteiger charge is 2.07. The maximum absolute atomic E-state index is 10.7. The van der Waals surface area contributed by atoms with Gasteiger partial charge in [-0.15, -0.1) is 10.2 Å². The molecule has 82 valence electrons. The molecule has 2 N–H and O–H groups in total. The Hall–Kier alpha value is -1.66. The van der Waals surface area contributed by atoms with E-state index in [2.05, 4.69) is 15.5 Å². The van der Waals surface area contributed by atoms with Crippen LogP contribution in [0.25, 0.3) is 0 Å². The Balaban J connectivity index is 2.26. The van der Waals surface area contributed by atoms with E-state index in [1.807, 2.05) is 0 Å². The second-order valence-electron chi connectivity index (χ2n) is 2.87. The van der Waals surface area contributed by atoms with Gasteiger partial charge in [0.05, 0.1) is 16.3 Å². The number of hydrogen-bond acceptors (Lipinski definition) is 5. The number of aromatic carboxylic acids is 1. The van der Waals surface area contributed by atoms with Gasteiger partial charge in [-0.25, -0.2) is 4.79 Å². The monoisotopic (exact) mass is 255 g/mol. The topological polar surface area (TPSA) is 75.1 Å². The molecule has 0 atom stereocenters. The highest BCUT2D eigenvalue weighted by atomic mass is 35.5. The minimum atomic E-state index is -1.01. The maximum atomic E-state index is 10.7. The summed E-state index contributed by atoms with van der Waals surface area (Å²) in [6, 6.07) is 4.44. The molecule has 0 spiro atoms. The number of carboxylic acids is 1. The molecule has 16 heavy (non-hydrogen) atoms. The van der Waals surface area contributed by atoms with Crippen molar-refractivity contribution in [3.8, 4) is 0 Å². The fourth-order valence-electron chi connectivity index (χ4n) is 1.09.